The predicted molar refractivity (Wildman–Crippen MR) is 122 cm³/mol. The van der Waals surface area contributed by atoms with Crippen molar-refractivity contribution in [2.24, 2.45) is 40.9 Å². The molecular weight excluding hydrogens is 443 g/mol. The van der Waals surface area contributed by atoms with Gasteiger partial charge >= 0.3 is 0 Å². The van der Waals surface area contributed by atoms with Crippen LogP contribution in [0.4, 0.5) is 4.39 Å². The molecule has 0 radical (unpaired) electrons. The molecule has 1 N–H and O–H groups in total. The van der Waals surface area contributed by atoms with Crippen molar-refractivity contribution in [2.45, 2.75) is 81.8 Å². The number of ketones is 1. The number of nitrogens with zero attached hydrogens (tertiary/aromatic N) is 2. The first-order valence-corrected chi connectivity index (χ1v) is 14.5. The molecule has 8 heteroatoms. The minimum absolute atomic E-state index is 0.00459. The van der Waals surface area contributed by atoms with Gasteiger partial charge in [0, 0.05) is 18.4 Å². The molecule has 8 atom stereocenters. The van der Waals surface area contributed by atoms with Gasteiger partial charge in [-0.2, -0.15) is 5.10 Å². The van der Waals surface area contributed by atoms with Crippen LogP contribution >= 0.6 is 0 Å². The van der Waals surface area contributed by atoms with Crippen LogP contribution in [-0.2, 0) is 21.2 Å². The van der Waals surface area contributed by atoms with Gasteiger partial charge < -0.3 is 5.11 Å². The lowest BCUT2D eigenvalue weighted by Gasteiger charge is -2.56. The minimum atomic E-state index is -3.33. The van der Waals surface area contributed by atoms with Crippen molar-refractivity contribution in [1.29, 1.82) is 0 Å². The van der Waals surface area contributed by atoms with Gasteiger partial charge in [0.15, 0.2) is 15.6 Å². The minimum Gasteiger partial charge on any atom is -0.387 e. The highest BCUT2D eigenvalue weighted by Gasteiger charge is 2.59. The maximum atomic E-state index is 13.4. The Hall–Kier alpha value is -1.28. The van der Waals surface area contributed by atoms with E-state index in [9.17, 15) is 22.7 Å². The molecule has 184 valence electrons. The molecule has 0 aliphatic heterocycles. The average molecular weight is 481 g/mol. The maximum Gasteiger partial charge on any atom is 0.178 e. The van der Waals surface area contributed by atoms with Crippen LogP contribution in [0.5, 0.6) is 0 Å². The van der Waals surface area contributed by atoms with Crippen LogP contribution in [-0.4, -0.2) is 47.6 Å². The summed E-state index contributed by atoms with van der Waals surface area (Å²) in [5.41, 5.74) is -1.11. The SMILES string of the molecule is C[C@]12CC[C@H]3[C@@H](CC[C@@H]4C[C@@](O)(CF)CC[C@@H]43)[C@@H]1CC[C@@H]2C(=O)Cn1cc(S(C)(=O)=O)cn1. The number of sulfone groups is 1. The molecule has 33 heavy (non-hydrogen) atoms. The smallest absolute Gasteiger partial charge is 0.178 e. The van der Waals surface area contributed by atoms with E-state index in [-0.39, 0.29) is 28.6 Å². The number of carbonyl (C=O) groups is 1. The van der Waals surface area contributed by atoms with Crippen LogP contribution in [0.25, 0.3) is 0 Å². The van der Waals surface area contributed by atoms with Crippen LogP contribution in [0.15, 0.2) is 17.3 Å². The van der Waals surface area contributed by atoms with Gasteiger partial charge in [-0.3, -0.25) is 9.48 Å². The quantitative estimate of drug-likeness (QED) is 0.692. The van der Waals surface area contributed by atoms with Gasteiger partial charge in [0.2, 0.25) is 0 Å². The summed E-state index contributed by atoms with van der Waals surface area (Å²) in [6.45, 7) is 1.81. The molecule has 1 heterocycles. The lowest BCUT2D eigenvalue weighted by Crippen LogP contribution is -2.52. The van der Waals surface area contributed by atoms with E-state index >= 15 is 0 Å². The Balaban J connectivity index is 1.29. The summed E-state index contributed by atoms with van der Waals surface area (Å²) in [5.74, 6) is 3.00. The monoisotopic (exact) mass is 480 g/mol. The summed E-state index contributed by atoms with van der Waals surface area (Å²) in [4.78, 5) is 13.5. The summed E-state index contributed by atoms with van der Waals surface area (Å²) >= 11 is 0. The predicted octanol–water partition coefficient (Wildman–Crippen LogP) is 3.83. The number of Topliss-reactive ketones (excluding diaryl/α,β-unsaturated/α-hetero) is 1. The van der Waals surface area contributed by atoms with Gasteiger partial charge in [-0.25, -0.2) is 12.8 Å². The van der Waals surface area contributed by atoms with Crippen LogP contribution in [0, 0.1) is 40.9 Å². The number of hydrogen-bond acceptors (Lipinski definition) is 5. The highest BCUT2D eigenvalue weighted by Crippen LogP contribution is 2.64. The Bertz CT molecular complexity index is 1030. The molecule has 1 aromatic heterocycles. The third-order valence-electron chi connectivity index (χ3n) is 10.1. The summed E-state index contributed by atoms with van der Waals surface area (Å²) in [5, 5.41) is 14.6. The molecule has 0 bridgehead atoms. The third kappa shape index (κ3) is 3.99. The second kappa shape index (κ2) is 8.14. The summed E-state index contributed by atoms with van der Waals surface area (Å²) in [6, 6.07) is 0. The molecule has 0 unspecified atom stereocenters. The van der Waals surface area contributed by atoms with Crippen molar-refractivity contribution in [3.05, 3.63) is 12.4 Å². The lowest BCUT2D eigenvalue weighted by atomic mass is 9.49. The van der Waals surface area contributed by atoms with Gasteiger partial charge in [-0.05, 0) is 92.8 Å². The zero-order valence-electron chi connectivity index (χ0n) is 19.7. The molecular formula is C25H37FN2O4S. The maximum absolute atomic E-state index is 13.4. The van der Waals surface area contributed by atoms with E-state index in [1.807, 2.05) is 0 Å². The summed E-state index contributed by atoms with van der Waals surface area (Å²) < 4.78 is 38.4. The zero-order chi connectivity index (χ0) is 23.6. The van der Waals surface area contributed by atoms with Crippen molar-refractivity contribution in [3.8, 4) is 0 Å². The normalized spacial score (nSPS) is 42.9. The van der Waals surface area contributed by atoms with E-state index in [0.717, 1.165) is 51.2 Å². The second-order valence-electron chi connectivity index (χ2n) is 11.8. The fraction of sp³-hybridized carbons (Fsp3) is 0.840. The number of halogens is 1. The zero-order valence-corrected chi connectivity index (χ0v) is 20.6. The van der Waals surface area contributed by atoms with Crippen LogP contribution in [0.2, 0.25) is 0 Å². The lowest BCUT2D eigenvalue weighted by molar-refractivity contribution is -0.134. The fourth-order valence-electron chi connectivity index (χ4n) is 8.51. The average Bonchev–Trinajstić information content (AvgIpc) is 3.37. The van der Waals surface area contributed by atoms with Gasteiger partial charge in [-0.15, -0.1) is 0 Å². The highest BCUT2D eigenvalue weighted by atomic mass is 32.2. The van der Waals surface area contributed by atoms with E-state index in [1.165, 1.54) is 17.1 Å². The molecule has 4 fully saturated rings. The summed E-state index contributed by atoms with van der Waals surface area (Å²) in [7, 11) is -3.33. The van der Waals surface area contributed by atoms with Crippen molar-refractivity contribution in [2.75, 3.05) is 12.9 Å². The Morgan fingerprint density at radius 1 is 1.15 bits per heavy atom. The highest BCUT2D eigenvalue weighted by molar-refractivity contribution is 7.90. The molecule has 0 saturated heterocycles. The van der Waals surface area contributed by atoms with E-state index in [4.69, 9.17) is 0 Å². The van der Waals surface area contributed by atoms with E-state index in [0.29, 0.717) is 42.4 Å². The Labute approximate surface area is 196 Å². The number of hydrogen-bond donors (Lipinski definition) is 1. The Morgan fingerprint density at radius 2 is 1.91 bits per heavy atom. The van der Waals surface area contributed by atoms with Gasteiger partial charge in [0.25, 0.3) is 0 Å². The van der Waals surface area contributed by atoms with Crippen molar-refractivity contribution in [1.82, 2.24) is 9.78 Å². The van der Waals surface area contributed by atoms with E-state index < -0.39 is 22.1 Å². The van der Waals surface area contributed by atoms with Crippen molar-refractivity contribution < 1.29 is 22.7 Å². The van der Waals surface area contributed by atoms with E-state index in [2.05, 4.69) is 12.0 Å². The van der Waals surface area contributed by atoms with E-state index in [1.54, 1.807) is 0 Å². The number of aliphatic hydroxyl groups is 1. The number of fused-ring (bicyclic) bond motifs is 5. The molecule has 0 aromatic carbocycles. The molecule has 4 saturated carbocycles. The fourth-order valence-corrected chi connectivity index (χ4v) is 9.06. The topological polar surface area (TPSA) is 89.3 Å². The second-order valence-corrected chi connectivity index (χ2v) is 13.8. The van der Waals surface area contributed by atoms with Gasteiger partial charge in [0.05, 0.1) is 18.3 Å². The Kier molecular flexibility index (Phi) is 5.79. The number of alkyl halides is 1. The molecule has 0 spiro atoms. The summed E-state index contributed by atoms with van der Waals surface area (Å²) in [6.07, 6.45) is 12.4. The number of rotatable bonds is 5. The molecule has 4 aliphatic carbocycles. The number of aromatic nitrogens is 2. The molecule has 0 amide bonds. The van der Waals surface area contributed by atoms with Gasteiger partial charge in [0.1, 0.15) is 11.6 Å². The molecule has 4 aliphatic rings. The molecule has 5 rings (SSSR count). The molecule has 6 nitrogen and oxygen atoms in total. The largest absolute Gasteiger partial charge is 0.387 e. The first kappa shape index (κ1) is 23.5. The molecule has 1 aromatic rings. The third-order valence-corrected chi connectivity index (χ3v) is 11.2. The standard InChI is InChI=1S/C25H37FN2O4S/c1-24-9-7-19-18-8-10-25(30,15-26)11-16(18)3-4-20(19)21(24)5-6-22(24)23(29)14-28-13-17(12-27-28)33(2,31)32/h12-13,16,18-22,30H,3-11,14-15H2,1-2H3/t16-,18+,19-,20-,21+,22-,24+,25-/m1/s1. The van der Waals surface area contributed by atoms with Crippen LogP contribution < -0.4 is 0 Å². The van der Waals surface area contributed by atoms with Gasteiger partial charge in [-0.1, -0.05) is 6.92 Å². The van der Waals surface area contributed by atoms with Crippen LogP contribution in [0.1, 0.15) is 64.7 Å². The number of carbonyl (C=O) groups excluding carboxylic acids is 1. The van der Waals surface area contributed by atoms with Crippen molar-refractivity contribution >= 4 is 15.6 Å². The van der Waals surface area contributed by atoms with Crippen molar-refractivity contribution in [3.63, 3.8) is 0 Å². The first-order chi connectivity index (χ1) is 15.5. The first-order valence-electron chi connectivity index (χ1n) is 12.6. The Morgan fingerprint density at radius 3 is 2.61 bits per heavy atom. The van der Waals surface area contributed by atoms with Crippen LogP contribution in [0.3, 0.4) is 0 Å².